The summed E-state index contributed by atoms with van der Waals surface area (Å²) in [7, 11) is 0. The Morgan fingerprint density at radius 3 is 2.11 bits per heavy atom. The van der Waals surface area contributed by atoms with Crippen molar-refractivity contribution in [3.63, 3.8) is 0 Å². The van der Waals surface area contributed by atoms with Gasteiger partial charge in [0.2, 0.25) is 5.82 Å². The van der Waals surface area contributed by atoms with Crippen LogP contribution in [0.1, 0.15) is 81.3 Å². The van der Waals surface area contributed by atoms with Crippen LogP contribution in [0.2, 0.25) is 0 Å². The van der Waals surface area contributed by atoms with Crippen LogP contribution in [0.4, 0.5) is 22.0 Å². The van der Waals surface area contributed by atoms with Crippen LogP contribution in [0.25, 0.3) is 0 Å². The maximum Gasteiger partial charge on any atom is 0.433 e. The molecular weight excluding hydrogens is 475 g/mol. The topological polar surface area (TPSA) is 18.5 Å². The summed E-state index contributed by atoms with van der Waals surface area (Å²) in [4.78, 5) is 0. The third-order valence-corrected chi connectivity index (χ3v) is 7.71. The number of hydrogen-bond acceptors (Lipinski definition) is 2. The van der Waals surface area contributed by atoms with Gasteiger partial charge in [-0.1, -0.05) is 38.0 Å². The van der Waals surface area contributed by atoms with E-state index in [1.165, 1.54) is 24.3 Å². The maximum atomic E-state index is 14.7. The van der Waals surface area contributed by atoms with Crippen molar-refractivity contribution in [2.75, 3.05) is 6.61 Å². The van der Waals surface area contributed by atoms with Gasteiger partial charge in [0.1, 0.15) is 11.6 Å². The molecule has 0 bridgehead atoms. The minimum absolute atomic E-state index is 0.0250. The van der Waals surface area contributed by atoms with Crippen molar-refractivity contribution in [1.82, 2.24) is 0 Å². The first-order valence-electron chi connectivity index (χ1n) is 12.8. The van der Waals surface area contributed by atoms with E-state index in [9.17, 15) is 22.0 Å². The van der Waals surface area contributed by atoms with Crippen LogP contribution in [0.3, 0.4) is 0 Å². The minimum Gasteiger partial charge on any atom is -0.480 e. The fourth-order valence-corrected chi connectivity index (χ4v) is 5.48. The third kappa shape index (κ3) is 6.22. The lowest BCUT2D eigenvalue weighted by Gasteiger charge is -2.27. The SMILES string of the molecule is C=CC1CCC(c2ccc(OC(F)(F)COc3ccc(C4CCC(C)CC4)c(F)c3F)cc2F)CC1. The van der Waals surface area contributed by atoms with Gasteiger partial charge in [-0.05, 0) is 85.5 Å². The molecule has 0 radical (unpaired) electrons. The van der Waals surface area contributed by atoms with E-state index in [1.54, 1.807) is 0 Å². The van der Waals surface area contributed by atoms with Gasteiger partial charge in [0, 0.05) is 6.07 Å². The highest BCUT2D eigenvalue weighted by atomic mass is 19.3. The van der Waals surface area contributed by atoms with Crippen molar-refractivity contribution in [3.05, 3.63) is 71.6 Å². The fourth-order valence-electron chi connectivity index (χ4n) is 5.48. The molecule has 196 valence electrons. The monoisotopic (exact) mass is 508 g/mol. The molecule has 0 heterocycles. The Bertz CT molecular complexity index is 1050. The van der Waals surface area contributed by atoms with Gasteiger partial charge in [-0.2, -0.15) is 13.2 Å². The summed E-state index contributed by atoms with van der Waals surface area (Å²) in [5.74, 6) is -3.01. The molecule has 0 unspecified atom stereocenters. The molecule has 0 aromatic heterocycles. The first-order valence-corrected chi connectivity index (χ1v) is 12.8. The van der Waals surface area contributed by atoms with Gasteiger partial charge >= 0.3 is 6.11 Å². The summed E-state index contributed by atoms with van der Waals surface area (Å²) < 4.78 is 82.3. The molecule has 2 fully saturated rings. The molecule has 2 saturated carbocycles. The van der Waals surface area contributed by atoms with Gasteiger partial charge in [0.25, 0.3) is 0 Å². The Morgan fingerprint density at radius 2 is 1.47 bits per heavy atom. The lowest BCUT2D eigenvalue weighted by Crippen LogP contribution is -2.32. The standard InChI is InChI=1S/C29H33F5O2/c1-3-19-6-10-20(11-7-19)23-13-12-22(16-25(23)30)36-29(33,34)17-35-26-15-14-24(27(31)28(26)32)21-8-4-18(2)5-9-21/h3,12-16,18-21H,1,4-11,17H2,2H3. The zero-order valence-corrected chi connectivity index (χ0v) is 20.6. The van der Waals surface area contributed by atoms with Crippen LogP contribution in [0.5, 0.6) is 11.5 Å². The van der Waals surface area contributed by atoms with Crippen LogP contribution >= 0.6 is 0 Å². The maximum absolute atomic E-state index is 14.7. The van der Waals surface area contributed by atoms with E-state index in [4.69, 9.17) is 4.74 Å². The van der Waals surface area contributed by atoms with Crippen molar-refractivity contribution < 1.29 is 31.4 Å². The Labute approximate surface area is 209 Å². The first kappa shape index (κ1) is 26.5. The van der Waals surface area contributed by atoms with Gasteiger partial charge in [0.05, 0.1) is 0 Å². The highest BCUT2D eigenvalue weighted by molar-refractivity contribution is 5.34. The van der Waals surface area contributed by atoms with Gasteiger partial charge in [-0.25, -0.2) is 8.78 Å². The first-order chi connectivity index (χ1) is 17.2. The molecule has 2 aliphatic rings. The molecule has 7 heteroatoms. The zero-order chi connectivity index (χ0) is 25.9. The summed E-state index contributed by atoms with van der Waals surface area (Å²) in [5.41, 5.74) is 0.734. The van der Waals surface area contributed by atoms with E-state index in [2.05, 4.69) is 18.2 Å². The molecule has 0 atom stereocenters. The van der Waals surface area contributed by atoms with E-state index in [1.807, 2.05) is 6.08 Å². The number of hydrogen-bond donors (Lipinski definition) is 0. The van der Waals surface area contributed by atoms with Gasteiger partial charge < -0.3 is 9.47 Å². The molecule has 2 aromatic carbocycles. The smallest absolute Gasteiger partial charge is 0.433 e. The molecule has 0 N–H and O–H groups in total. The van der Waals surface area contributed by atoms with Crippen LogP contribution in [0.15, 0.2) is 43.0 Å². The van der Waals surface area contributed by atoms with Crippen LogP contribution in [0, 0.1) is 29.3 Å². The lowest BCUT2D eigenvalue weighted by molar-refractivity contribution is -0.195. The van der Waals surface area contributed by atoms with E-state index in [0.717, 1.165) is 57.4 Å². The Hall–Kier alpha value is -2.57. The van der Waals surface area contributed by atoms with Crippen molar-refractivity contribution in [2.24, 2.45) is 11.8 Å². The van der Waals surface area contributed by atoms with Gasteiger partial charge in [-0.15, -0.1) is 6.58 Å². The number of benzene rings is 2. The number of halogens is 5. The molecule has 2 nitrogen and oxygen atoms in total. The van der Waals surface area contributed by atoms with E-state index in [0.29, 0.717) is 17.4 Å². The molecule has 0 aliphatic heterocycles. The molecule has 0 spiro atoms. The number of allylic oxidation sites excluding steroid dienone is 1. The molecular formula is C29H33F5O2. The second-order valence-corrected chi connectivity index (χ2v) is 10.3. The molecule has 0 saturated heterocycles. The van der Waals surface area contributed by atoms with Crippen molar-refractivity contribution in [3.8, 4) is 11.5 Å². The van der Waals surface area contributed by atoms with E-state index >= 15 is 0 Å². The second-order valence-electron chi connectivity index (χ2n) is 10.3. The molecule has 4 rings (SSSR count). The summed E-state index contributed by atoms with van der Waals surface area (Å²) >= 11 is 0. The van der Waals surface area contributed by atoms with Crippen molar-refractivity contribution in [1.29, 1.82) is 0 Å². The largest absolute Gasteiger partial charge is 0.480 e. The van der Waals surface area contributed by atoms with Crippen LogP contribution in [-0.4, -0.2) is 12.7 Å². The fraction of sp³-hybridized carbons (Fsp3) is 0.517. The average Bonchev–Trinajstić information content (AvgIpc) is 2.86. The summed E-state index contributed by atoms with van der Waals surface area (Å²) in [6.07, 6.45) is 4.87. The molecule has 2 aromatic rings. The normalized spacial score (nSPS) is 24.8. The lowest BCUT2D eigenvalue weighted by atomic mass is 9.78. The second kappa shape index (κ2) is 11.2. The Kier molecular flexibility index (Phi) is 8.26. The van der Waals surface area contributed by atoms with Gasteiger partial charge in [-0.3, -0.25) is 0 Å². The van der Waals surface area contributed by atoms with Gasteiger partial charge in [0.15, 0.2) is 18.2 Å². The number of rotatable bonds is 8. The Morgan fingerprint density at radius 1 is 0.861 bits per heavy atom. The van der Waals surface area contributed by atoms with Crippen LogP contribution < -0.4 is 9.47 Å². The minimum atomic E-state index is -3.88. The van der Waals surface area contributed by atoms with E-state index in [-0.39, 0.29) is 23.1 Å². The van der Waals surface area contributed by atoms with Crippen molar-refractivity contribution in [2.45, 2.75) is 76.2 Å². The molecule has 0 amide bonds. The summed E-state index contributed by atoms with van der Waals surface area (Å²) in [6, 6.07) is 6.29. The highest BCUT2D eigenvalue weighted by Crippen LogP contribution is 2.40. The number of ether oxygens (including phenoxy) is 2. The van der Waals surface area contributed by atoms with E-state index < -0.39 is 35.9 Å². The molecule has 36 heavy (non-hydrogen) atoms. The summed E-state index contributed by atoms with van der Waals surface area (Å²) in [5, 5.41) is 0. The predicted molar refractivity (Wildman–Crippen MR) is 129 cm³/mol. The zero-order valence-electron chi connectivity index (χ0n) is 20.6. The van der Waals surface area contributed by atoms with Crippen molar-refractivity contribution >= 4 is 0 Å². The van der Waals surface area contributed by atoms with Crippen LogP contribution in [-0.2, 0) is 0 Å². The predicted octanol–water partition coefficient (Wildman–Crippen LogP) is 8.91. The third-order valence-electron chi connectivity index (χ3n) is 7.71. The molecule has 2 aliphatic carbocycles. The number of alkyl halides is 2. The Balaban J connectivity index is 1.36. The quantitative estimate of drug-likeness (QED) is 0.262. The average molecular weight is 509 g/mol. The highest BCUT2D eigenvalue weighted by Gasteiger charge is 2.35. The summed E-state index contributed by atoms with van der Waals surface area (Å²) in [6.45, 7) is 4.58.